The molecule has 0 saturated carbocycles. The van der Waals surface area contributed by atoms with E-state index in [0.717, 1.165) is 5.56 Å². The quantitative estimate of drug-likeness (QED) is 0.830. The standard InChI is InChI=1S/C15H23NO3/c1-4-16(15(19)9-8-11(2)17)12(3)13-6-5-7-14(18)10-13/h5-7,10-12,17-18H,4,8-9H2,1-3H3. The molecule has 0 fully saturated rings. The fraction of sp³-hybridized carbons (Fsp3) is 0.533. The van der Waals surface area contributed by atoms with Crippen LogP contribution in [0.4, 0.5) is 0 Å². The van der Waals surface area contributed by atoms with E-state index in [0.29, 0.717) is 19.4 Å². The smallest absolute Gasteiger partial charge is 0.223 e. The van der Waals surface area contributed by atoms with Crippen molar-refractivity contribution in [3.8, 4) is 5.75 Å². The maximum atomic E-state index is 12.1. The minimum Gasteiger partial charge on any atom is -0.508 e. The van der Waals surface area contributed by atoms with Gasteiger partial charge in [-0.15, -0.1) is 0 Å². The molecule has 2 atom stereocenters. The third-order valence-electron chi connectivity index (χ3n) is 3.26. The summed E-state index contributed by atoms with van der Waals surface area (Å²) in [5, 5.41) is 18.7. The van der Waals surface area contributed by atoms with Crippen molar-refractivity contribution >= 4 is 5.91 Å². The summed E-state index contributed by atoms with van der Waals surface area (Å²) in [5.41, 5.74) is 0.909. The molecular formula is C15H23NO3. The first-order valence-electron chi connectivity index (χ1n) is 6.72. The van der Waals surface area contributed by atoms with Crippen molar-refractivity contribution in [3.63, 3.8) is 0 Å². The zero-order valence-electron chi connectivity index (χ0n) is 11.8. The summed E-state index contributed by atoms with van der Waals surface area (Å²) < 4.78 is 0. The van der Waals surface area contributed by atoms with Crippen molar-refractivity contribution in [2.75, 3.05) is 6.54 Å². The van der Waals surface area contributed by atoms with Gasteiger partial charge in [0.05, 0.1) is 12.1 Å². The molecule has 0 aliphatic heterocycles. The molecule has 0 radical (unpaired) electrons. The van der Waals surface area contributed by atoms with Crippen LogP contribution >= 0.6 is 0 Å². The highest BCUT2D eigenvalue weighted by Gasteiger charge is 2.20. The Labute approximate surface area is 114 Å². The number of hydrogen-bond acceptors (Lipinski definition) is 3. The highest BCUT2D eigenvalue weighted by atomic mass is 16.3. The largest absolute Gasteiger partial charge is 0.508 e. The van der Waals surface area contributed by atoms with Gasteiger partial charge < -0.3 is 15.1 Å². The molecule has 19 heavy (non-hydrogen) atoms. The minimum absolute atomic E-state index is 0.0271. The summed E-state index contributed by atoms with van der Waals surface area (Å²) in [6, 6.07) is 6.88. The van der Waals surface area contributed by atoms with Gasteiger partial charge in [-0.25, -0.2) is 0 Å². The molecule has 1 amide bonds. The summed E-state index contributed by atoms with van der Waals surface area (Å²) in [4.78, 5) is 13.9. The highest BCUT2D eigenvalue weighted by Crippen LogP contribution is 2.24. The second kappa shape index (κ2) is 7.14. The van der Waals surface area contributed by atoms with Gasteiger partial charge in [0, 0.05) is 13.0 Å². The minimum atomic E-state index is -0.460. The third-order valence-corrected chi connectivity index (χ3v) is 3.26. The van der Waals surface area contributed by atoms with Gasteiger partial charge >= 0.3 is 0 Å². The number of aliphatic hydroxyl groups is 1. The molecule has 4 heteroatoms. The van der Waals surface area contributed by atoms with Crippen LogP contribution in [-0.2, 0) is 4.79 Å². The van der Waals surface area contributed by atoms with E-state index in [1.807, 2.05) is 19.9 Å². The fourth-order valence-electron chi connectivity index (χ4n) is 2.11. The number of benzene rings is 1. The zero-order chi connectivity index (χ0) is 14.4. The zero-order valence-corrected chi connectivity index (χ0v) is 11.8. The number of phenolic OH excluding ortho intramolecular Hbond substituents is 1. The molecule has 0 heterocycles. The van der Waals surface area contributed by atoms with Gasteiger partial charge in [-0.1, -0.05) is 12.1 Å². The Morgan fingerprint density at radius 1 is 1.37 bits per heavy atom. The lowest BCUT2D eigenvalue weighted by atomic mass is 10.1. The molecule has 0 spiro atoms. The Balaban J connectivity index is 2.76. The molecule has 0 saturated heterocycles. The van der Waals surface area contributed by atoms with E-state index in [1.54, 1.807) is 30.0 Å². The normalized spacial score (nSPS) is 13.9. The van der Waals surface area contributed by atoms with Crippen LogP contribution in [0.3, 0.4) is 0 Å². The number of phenols is 1. The van der Waals surface area contributed by atoms with E-state index >= 15 is 0 Å². The number of amides is 1. The Morgan fingerprint density at radius 3 is 2.58 bits per heavy atom. The molecular weight excluding hydrogens is 242 g/mol. The second-order valence-corrected chi connectivity index (χ2v) is 4.84. The van der Waals surface area contributed by atoms with E-state index < -0.39 is 6.10 Å². The first-order chi connectivity index (χ1) is 8.95. The molecule has 4 nitrogen and oxygen atoms in total. The Morgan fingerprint density at radius 2 is 2.05 bits per heavy atom. The summed E-state index contributed by atoms with van der Waals surface area (Å²) in [6.07, 6.45) is 0.357. The molecule has 1 aromatic rings. The number of aliphatic hydroxyl groups excluding tert-OH is 1. The molecule has 1 aromatic carbocycles. The van der Waals surface area contributed by atoms with Crippen LogP contribution in [0.15, 0.2) is 24.3 Å². The summed E-state index contributed by atoms with van der Waals surface area (Å²) in [7, 11) is 0. The average Bonchev–Trinajstić information content (AvgIpc) is 2.37. The van der Waals surface area contributed by atoms with E-state index in [9.17, 15) is 15.0 Å². The maximum absolute atomic E-state index is 12.1. The van der Waals surface area contributed by atoms with Crippen LogP contribution in [0, 0.1) is 0 Å². The number of carbonyl (C=O) groups is 1. The van der Waals surface area contributed by atoms with Gasteiger partial charge in [0.25, 0.3) is 0 Å². The Hall–Kier alpha value is -1.55. The summed E-state index contributed by atoms with van der Waals surface area (Å²) in [5.74, 6) is 0.232. The van der Waals surface area contributed by atoms with Crippen molar-refractivity contribution < 1.29 is 15.0 Å². The first-order valence-corrected chi connectivity index (χ1v) is 6.72. The van der Waals surface area contributed by atoms with Crippen LogP contribution in [-0.4, -0.2) is 33.7 Å². The lowest BCUT2D eigenvalue weighted by molar-refractivity contribution is -0.133. The van der Waals surface area contributed by atoms with Crippen LogP contribution in [0.25, 0.3) is 0 Å². The van der Waals surface area contributed by atoms with Gasteiger partial charge in [0.2, 0.25) is 5.91 Å². The van der Waals surface area contributed by atoms with Gasteiger partial charge in [-0.3, -0.25) is 4.79 Å². The molecule has 2 unspecified atom stereocenters. The number of aromatic hydroxyl groups is 1. The summed E-state index contributed by atoms with van der Waals surface area (Å²) >= 11 is 0. The van der Waals surface area contributed by atoms with Crippen LogP contribution in [0.5, 0.6) is 5.75 Å². The van der Waals surface area contributed by atoms with Crippen molar-refractivity contribution in [2.24, 2.45) is 0 Å². The van der Waals surface area contributed by atoms with Gasteiger partial charge in [-0.05, 0) is 44.9 Å². The van der Waals surface area contributed by atoms with E-state index in [-0.39, 0.29) is 17.7 Å². The first kappa shape index (κ1) is 15.5. The molecule has 0 aliphatic rings. The SMILES string of the molecule is CCN(C(=O)CCC(C)O)C(C)c1cccc(O)c1. The maximum Gasteiger partial charge on any atom is 0.223 e. The Kier molecular flexibility index (Phi) is 5.83. The monoisotopic (exact) mass is 265 g/mol. The van der Waals surface area contributed by atoms with Crippen molar-refractivity contribution in [1.29, 1.82) is 0 Å². The topological polar surface area (TPSA) is 60.8 Å². The number of nitrogens with zero attached hydrogens (tertiary/aromatic N) is 1. The number of rotatable bonds is 6. The van der Waals surface area contributed by atoms with Crippen molar-refractivity contribution in [2.45, 2.75) is 45.8 Å². The van der Waals surface area contributed by atoms with Crippen LogP contribution < -0.4 is 0 Å². The molecule has 0 aliphatic carbocycles. The van der Waals surface area contributed by atoms with Gasteiger partial charge in [0.1, 0.15) is 5.75 Å². The molecule has 106 valence electrons. The van der Waals surface area contributed by atoms with E-state index in [2.05, 4.69) is 0 Å². The molecule has 1 rings (SSSR count). The van der Waals surface area contributed by atoms with E-state index in [1.165, 1.54) is 0 Å². The second-order valence-electron chi connectivity index (χ2n) is 4.84. The third kappa shape index (κ3) is 4.56. The van der Waals surface area contributed by atoms with Gasteiger partial charge in [0.15, 0.2) is 0 Å². The highest BCUT2D eigenvalue weighted by molar-refractivity contribution is 5.76. The Bertz CT molecular complexity index is 418. The molecule has 0 aromatic heterocycles. The number of hydrogen-bond donors (Lipinski definition) is 2. The van der Waals surface area contributed by atoms with Gasteiger partial charge in [-0.2, -0.15) is 0 Å². The lowest BCUT2D eigenvalue weighted by Gasteiger charge is -2.29. The van der Waals surface area contributed by atoms with Crippen LogP contribution in [0.2, 0.25) is 0 Å². The molecule has 2 N–H and O–H groups in total. The van der Waals surface area contributed by atoms with Crippen molar-refractivity contribution in [1.82, 2.24) is 4.90 Å². The van der Waals surface area contributed by atoms with Crippen molar-refractivity contribution in [3.05, 3.63) is 29.8 Å². The molecule has 0 bridgehead atoms. The average molecular weight is 265 g/mol. The lowest BCUT2D eigenvalue weighted by Crippen LogP contribution is -2.33. The number of carbonyl (C=O) groups excluding carboxylic acids is 1. The predicted octanol–water partition coefficient (Wildman–Crippen LogP) is 2.46. The fourth-order valence-corrected chi connectivity index (χ4v) is 2.11. The predicted molar refractivity (Wildman–Crippen MR) is 74.8 cm³/mol. The summed E-state index contributed by atoms with van der Waals surface area (Å²) in [6.45, 7) is 6.16. The van der Waals surface area contributed by atoms with E-state index in [4.69, 9.17) is 0 Å². The van der Waals surface area contributed by atoms with Crippen LogP contribution in [0.1, 0.15) is 45.2 Å².